The Balaban J connectivity index is 2.29. The van der Waals surface area contributed by atoms with Crippen LogP contribution in [0.3, 0.4) is 0 Å². The number of ether oxygens (including phenoxy) is 3. The van der Waals surface area contributed by atoms with Gasteiger partial charge in [-0.15, -0.1) is 0 Å². The van der Waals surface area contributed by atoms with Crippen LogP contribution >= 0.6 is 11.6 Å². The number of benzene rings is 2. The number of carbonyl (C=O) groups excluding carboxylic acids is 1. The molecule has 0 radical (unpaired) electrons. The molecule has 5 nitrogen and oxygen atoms in total. The minimum absolute atomic E-state index is 0.000708. The van der Waals surface area contributed by atoms with Crippen molar-refractivity contribution in [2.45, 2.75) is 6.61 Å². The minimum atomic E-state index is -3.01. The molecule has 0 heterocycles. The van der Waals surface area contributed by atoms with Gasteiger partial charge in [0.05, 0.1) is 29.3 Å². The second kappa shape index (κ2) is 7.62. The van der Waals surface area contributed by atoms with E-state index in [2.05, 4.69) is 4.74 Å². The zero-order valence-corrected chi connectivity index (χ0v) is 13.0. The Kier molecular flexibility index (Phi) is 5.55. The molecule has 0 N–H and O–H groups in total. The van der Waals surface area contributed by atoms with Gasteiger partial charge >= 0.3 is 12.6 Å². The van der Waals surface area contributed by atoms with Gasteiger partial charge in [-0.05, 0) is 24.3 Å². The lowest BCUT2D eigenvalue weighted by molar-refractivity contribution is -0.0499. The van der Waals surface area contributed by atoms with Gasteiger partial charge in [-0.25, -0.2) is 4.79 Å². The van der Waals surface area contributed by atoms with E-state index >= 15 is 0 Å². The van der Waals surface area contributed by atoms with E-state index in [4.69, 9.17) is 26.3 Å². The number of methoxy groups -OCH3 is 1. The summed E-state index contributed by atoms with van der Waals surface area (Å²) in [6.45, 7) is -3.01. The maximum absolute atomic E-state index is 12.2. The van der Waals surface area contributed by atoms with Crippen molar-refractivity contribution < 1.29 is 27.8 Å². The van der Waals surface area contributed by atoms with E-state index in [1.807, 2.05) is 6.07 Å². The monoisotopic (exact) mass is 353 g/mol. The summed E-state index contributed by atoms with van der Waals surface area (Å²) in [6, 6.07) is 9.67. The molecule has 0 atom stereocenters. The van der Waals surface area contributed by atoms with Crippen molar-refractivity contribution in [3.8, 4) is 23.3 Å². The van der Waals surface area contributed by atoms with Gasteiger partial charge < -0.3 is 14.2 Å². The van der Waals surface area contributed by atoms with Crippen LogP contribution < -0.4 is 14.2 Å². The summed E-state index contributed by atoms with van der Waals surface area (Å²) in [5, 5.41) is 8.89. The molecule has 2 rings (SSSR count). The largest absolute Gasteiger partial charge is 0.493 e. The zero-order valence-electron chi connectivity index (χ0n) is 12.3. The van der Waals surface area contributed by atoms with Crippen molar-refractivity contribution in [2.24, 2.45) is 0 Å². The highest BCUT2D eigenvalue weighted by atomic mass is 35.5. The normalized spacial score (nSPS) is 10.2. The number of carbonyl (C=O) groups is 1. The van der Waals surface area contributed by atoms with Crippen LogP contribution in [0.15, 0.2) is 36.4 Å². The summed E-state index contributed by atoms with van der Waals surface area (Å²) in [4.78, 5) is 12.2. The summed E-state index contributed by atoms with van der Waals surface area (Å²) in [5.74, 6) is -1.02. The van der Waals surface area contributed by atoms with Gasteiger partial charge in [0.25, 0.3) is 0 Å². The second-order valence-electron chi connectivity index (χ2n) is 4.40. The molecular formula is C16H10ClF2NO4. The first-order valence-corrected chi connectivity index (χ1v) is 6.87. The highest BCUT2D eigenvalue weighted by Gasteiger charge is 2.18. The zero-order chi connectivity index (χ0) is 17.7. The average Bonchev–Trinajstić information content (AvgIpc) is 2.55. The fourth-order valence-electron chi connectivity index (χ4n) is 1.83. The van der Waals surface area contributed by atoms with E-state index in [-0.39, 0.29) is 33.4 Å². The summed E-state index contributed by atoms with van der Waals surface area (Å²) >= 11 is 5.99. The number of alkyl halides is 2. The smallest absolute Gasteiger partial charge is 0.387 e. The third kappa shape index (κ3) is 4.12. The van der Waals surface area contributed by atoms with Crippen LogP contribution in [-0.2, 0) is 0 Å². The summed E-state index contributed by atoms with van der Waals surface area (Å²) in [6.07, 6.45) is 0. The molecule has 124 valence electrons. The van der Waals surface area contributed by atoms with Gasteiger partial charge in [0.2, 0.25) is 0 Å². The third-order valence-corrected chi connectivity index (χ3v) is 3.13. The van der Waals surface area contributed by atoms with E-state index in [1.54, 1.807) is 0 Å². The second-order valence-corrected chi connectivity index (χ2v) is 4.80. The number of hydrogen-bond donors (Lipinski definition) is 0. The Morgan fingerprint density at radius 2 is 2.04 bits per heavy atom. The molecule has 0 unspecified atom stereocenters. The molecule has 0 amide bonds. The highest BCUT2D eigenvalue weighted by molar-refractivity contribution is 6.32. The van der Waals surface area contributed by atoms with Crippen LogP contribution in [0.2, 0.25) is 5.02 Å². The molecule has 2 aromatic rings. The number of esters is 1. The molecule has 0 aliphatic rings. The fourth-order valence-corrected chi connectivity index (χ4v) is 2.08. The Labute approximate surface area is 140 Å². The standard InChI is InChI=1S/C16H10ClF2NO4/c1-22-13-6-9(8-20)5-12(17)14(13)24-15(21)10-3-2-4-11(7-10)23-16(18)19/h2-7,16H,1H3. The Bertz CT molecular complexity index is 805. The van der Waals surface area contributed by atoms with Crippen LogP contribution in [0.5, 0.6) is 17.2 Å². The van der Waals surface area contributed by atoms with E-state index in [1.165, 1.54) is 37.4 Å². The quantitative estimate of drug-likeness (QED) is 0.599. The maximum Gasteiger partial charge on any atom is 0.387 e. The lowest BCUT2D eigenvalue weighted by atomic mass is 10.2. The van der Waals surface area contributed by atoms with Gasteiger partial charge in [0, 0.05) is 6.07 Å². The van der Waals surface area contributed by atoms with Gasteiger partial charge in [-0.2, -0.15) is 14.0 Å². The first-order chi connectivity index (χ1) is 11.4. The molecule has 24 heavy (non-hydrogen) atoms. The van der Waals surface area contributed by atoms with Crippen molar-refractivity contribution in [3.63, 3.8) is 0 Å². The van der Waals surface area contributed by atoms with Crippen molar-refractivity contribution in [2.75, 3.05) is 7.11 Å². The van der Waals surface area contributed by atoms with Gasteiger partial charge in [-0.3, -0.25) is 0 Å². The molecule has 0 saturated heterocycles. The summed E-state index contributed by atoms with van der Waals surface area (Å²) < 4.78 is 38.9. The maximum atomic E-state index is 12.2. The average molecular weight is 354 g/mol. The molecular weight excluding hydrogens is 344 g/mol. The van der Waals surface area contributed by atoms with E-state index < -0.39 is 12.6 Å². The summed E-state index contributed by atoms with van der Waals surface area (Å²) in [7, 11) is 1.32. The van der Waals surface area contributed by atoms with E-state index in [0.717, 1.165) is 6.07 Å². The van der Waals surface area contributed by atoms with Gasteiger partial charge in [0.1, 0.15) is 5.75 Å². The molecule has 8 heteroatoms. The van der Waals surface area contributed by atoms with E-state index in [9.17, 15) is 13.6 Å². The predicted molar refractivity (Wildman–Crippen MR) is 80.8 cm³/mol. The molecule has 0 bridgehead atoms. The van der Waals surface area contributed by atoms with Crippen LogP contribution in [-0.4, -0.2) is 19.7 Å². The van der Waals surface area contributed by atoms with Crippen LogP contribution in [0.1, 0.15) is 15.9 Å². The molecule has 0 aromatic heterocycles. The summed E-state index contributed by atoms with van der Waals surface area (Å²) in [5.41, 5.74) is 0.208. The van der Waals surface area contributed by atoms with E-state index in [0.29, 0.717) is 0 Å². The SMILES string of the molecule is COc1cc(C#N)cc(Cl)c1OC(=O)c1cccc(OC(F)F)c1. The van der Waals surface area contributed by atoms with Crippen LogP contribution in [0, 0.1) is 11.3 Å². The molecule has 0 saturated carbocycles. The minimum Gasteiger partial charge on any atom is -0.493 e. The number of nitriles is 1. The van der Waals surface area contributed by atoms with Crippen LogP contribution in [0.25, 0.3) is 0 Å². The Morgan fingerprint density at radius 3 is 2.67 bits per heavy atom. The number of halogens is 3. The predicted octanol–water partition coefficient (Wildman–Crippen LogP) is 4.04. The lowest BCUT2D eigenvalue weighted by Crippen LogP contribution is -2.10. The fraction of sp³-hybridized carbons (Fsp3) is 0.125. The van der Waals surface area contributed by atoms with Crippen molar-refractivity contribution in [1.82, 2.24) is 0 Å². The molecule has 2 aromatic carbocycles. The van der Waals surface area contributed by atoms with Gasteiger partial charge in [0.15, 0.2) is 11.5 Å². The number of hydrogen-bond acceptors (Lipinski definition) is 5. The van der Waals surface area contributed by atoms with Crippen molar-refractivity contribution in [1.29, 1.82) is 5.26 Å². The third-order valence-electron chi connectivity index (χ3n) is 2.85. The first kappa shape index (κ1) is 17.5. The molecule has 0 fully saturated rings. The van der Waals surface area contributed by atoms with Crippen molar-refractivity contribution in [3.05, 3.63) is 52.5 Å². The van der Waals surface area contributed by atoms with Crippen LogP contribution in [0.4, 0.5) is 8.78 Å². The van der Waals surface area contributed by atoms with Gasteiger partial charge in [-0.1, -0.05) is 17.7 Å². The molecule has 0 aliphatic heterocycles. The topological polar surface area (TPSA) is 68.5 Å². The number of rotatable bonds is 5. The van der Waals surface area contributed by atoms with Crippen molar-refractivity contribution >= 4 is 17.6 Å². The number of nitrogens with zero attached hydrogens (tertiary/aromatic N) is 1. The first-order valence-electron chi connectivity index (χ1n) is 6.49. The Morgan fingerprint density at radius 1 is 1.29 bits per heavy atom. The molecule has 0 spiro atoms. The highest BCUT2D eigenvalue weighted by Crippen LogP contribution is 2.36. The molecule has 0 aliphatic carbocycles. The lowest BCUT2D eigenvalue weighted by Gasteiger charge is -2.12. The Hall–Kier alpha value is -2.85.